The number of hydrogen-bond acceptors (Lipinski definition) is 5. The zero-order valence-corrected chi connectivity index (χ0v) is 24.6. The van der Waals surface area contributed by atoms with Gasteiger partial charge in [0.1, 0.15) is 23.9 Å². The first-order chi connectivity index (χ1) is 18.4. The van der Waals surface area contributed by atoms with E-state index in [0.29, 0.717) is 23.5 Å². The summed E-state index contributed by atoms with van der Waals surface area (Å²) in [6, 6.07) is 12.0. The molecule has 214 valence electrons. The molecule has 0 aliphatic rings. The van der Waals surface area contributed by atoms with Crippen molar-refractivity contribution in [3.8, 4) is 5.75 Å². The van der Waals surface area contributed by atoms with E-state index in [1.165, 1.54) is 0 Å². The third-order valence-electron chi connectivity index (χ3n) is 6.37. The lowest BCUT2D eigenvalue weighted by atomic mass is 9.98. The Hall–Kier alpha value is -3.55. The molecule has 8 nitrogen and oxygen atoms in total. The quantitative estimate of drug-likeness (QED) is 0.291. The Morgan fingerprint density at radius 2 is 1.59 bits per heavy atom. The number of benzene rings is 2. The van der Waals surface area contributed by atoms with Crippen molar-refractivity contribution in [1.29, 1.82) is 0 Å². The van der Waals surface area contributed by atoms with Crippen LogP contribution < -0.4 is 15.4 Å². The van der Waals surface area contributed by atoms with Crippen LogP contribution in [0.25, 0.3) is 0 Å². The van der Waals surface area contributed by atoms with Gasteiger partial charge in [-0.3, -0.25) is 9.59 Å². The summed E-state index contributed by atoms with van der Waals surface area (Å²) < 4.78 is 10.5. The number of nitrogens with one attached hydrogen (secondary N) is 2. The van der Waals surface area contributed by atoms with Crippen molar-refractivity contribution in [2.75, 3.05) is 25.5 Å². The first-order valence-electron chi connectivity index (χ1n) is 13.7. The van der Waals surface area contributed by atoms with Gasteiger partial charge in [0, 0.05) is 12.2 Å². The summed E-state index contributed by atoms with van der Waals surface area (Å²) in [5.41, 5.74) is 2.74. The van der Waals surface area contributed by atoms with E-state index in [2.05, 4.69) is 17.6 Å². The molecule has 2 aromatic carbocycles. The van der Waals surface area contributed by atoms with Gasteiger partial charge in [-0.2, -0.15) is 0 Å². The maximum atomic E-state index is 13.8. The molecule has 0 aromatic heterocycles. The van der Waals surface area contributed by atoms with Crippen LogP contribution >= 0.6 is 0 Å². The van der Waals surface area contributed by atoms with E-state index in [1.54, 1.807) is 57.0 Å². The number of nitrogens with zero attached hydrogens (tertiary/aromatic N) is 1. The van der Waals surface area contributed by atoms with Gasteiger partial charge in [-0.25, -0.2) is 4.79 Å². The maximum Gasteiger partial charge on any atom is 0.408 e. The minimum Gasteiger partial charge on any atom is -0.497 e. The summed E-state index contributed by atoms with van der Waals surface area (Å²) in [6.07, 6.45) is 4.29. The highest BCUT2D eigenvalue weighted by Crippen LogP contribution is 2.27. The van der Waals surface area contributed by atoms with Crippen LogP contribution in [0.3, 0.4) is 0 Å². The monoisotopic (exact) mass is 539 g/mol. The Morgan fingerprint density at radius 1 is 0.923 bits per heavy atom. The molecule has 3 amide bonds. The molecule has 0 fully saturated rings. The van der Waals surface area contributed by atoms with Gasteiger partial charge in [0.2, 0.25) is 5.91 Å². The fourth-order valence-corrected chi connectivity index (χ4v) is 4.14. The number of ether oxygens (including phenoxy) is 2. The van der Waals surface area contributed by atoms with Crippen molar-refractivity contribution < 1.29 is 23.9 Å². The van der Waals surface area contributed by atoms with E-state index >= 15 is 0 Å². The number of aryl methyl sites for hydroxylation is 2. The largest absolute Gasteiger partial charge is 0.497 e. The molecule has 0 bridgehead atoms. The first-order valence-corrected chi connectivity index (χ1v) is 13.7. The van der Waals surface area contributed by atoms with Crippen LogP contribution in [0.1, 0.15) is 82.5 Å². The first kappa shape index (κ1) is 31.7. The van der Waals surface area contributed by atoms with Gasteiger partial charge in [-0.05, 0) is 82.0 Å². The second-order valence-electron chi connectivity index (χ2n) is 10.8. The summed E-state index contributed by atoms with van der Waals surface area (Å²) in [6.45, 7) is 11.5. The van der Waals surface area contributed by atoms with Gasteiger partial charge in [0.15, 0.2) is 0 Å². The number of methoxy groups -OCH3 is 1. The average Bonchev–Trinajstić information content (AvgIpc) is 2.87. The van der Waals surface area contributed by atoms with Gasteiger partial charge in [0.25, 0.3) is 5.91 Å². The molecule has 2 rings (SSSR count). The van der Waals surface area contributed by atoms with Gasteiger partial charge < -0.3 is 25.0 Å². The fourth-order valence-electron chi connectivity index (χ4n) is 4.14. The highest BCUT2D eigenvalue weighted by molar-refractivity contribution is 5.98. The number of hydrogen-bond donors (Lipinski definition) is 2. The number of unbranched alkanes of at least 4 members (excludes halogenated alkanes) is 4. The van der Waals surface area contributed by atoms with E-state index in [-0.39, 0.29) is 18.4 Å². The highest BCUT2D eigenvalue weighted by Gasteiger charge is 2.32. The van der Waals surface area contributed by atoms with Crippen molar-refractivity contribution in [3.05, 3.63) is 59.2 Å². The van der Waals surface area contributed by atoms with E-state index in [0.717, 1.165) is 43.2 Å². The molecule has 1 atom stereocenters. The third-order valence-corrected chi connectivity index (χ3v) is 6.37. The molecular formula is C31H45N3O5. The number of carbonyl (C=O) groups excluding carboxylic acids is 3. The minimum absolute atomic E-state index is 0.277. The standard InChI is InChI=1S/C31H45N3O5/c1-8-9-10-11-12-19-34(27(35)21-32-30(37)39-31(4,5)6)28(24-14-13-22(2)23(3)20-24)29(36)33-25-15-17-26(38-7)18-16-25/h13-18,20,28H,8-12,19,21H2,1-7H3,(H,32,37)(H,33,36). The summed E-state index contributed by atoms with van der Waals surface area (Å²) in [5, 5.41) is 5.53. The van der Waals surface area contributed by atoms with Crippen LogP contribution in [-0.4, -0.2) is 48.6 Å². The van der Waals surface area contributed by atoms with E-state index in [9.17, 15) is 14.4 Å². The Kier molecular flexibility index (Phi) is 12.3. The van der Waals surface area contributed by atoms with Crippen LogP contribution in [0.2, 0.25) is 0 Å². The van der Waals surface area contributed by atoms with Gasteiger partial charge in [-0.1, -0.05) is 50.8 Å². The van der Waals surface area contributed by atoms with Gasteiger partial charge in [-0.15, -0.1) is 0 Å². The molecule has 1 unspecified atom stereocenters. The zero-order valence-electron chi connectivity index (χ0n) is 24.6. The van der Waals surface area contributed by atoms with Crippen LogP contribution in [0.5, 0.6) is 5.75 Å². The Morgan fingerprint density at radius 3 is 2.18 bits per heavy atom. The summed E-state index contributed by atoms with van der Waals surface area (Å²) >= 11 is 0. The minimum atomic E-state index is -0.884. The average molecular weight is 540 g/mol. The third kappa shape index (κ3) is 10.6. The summed E-state index contributed by atoms with van der Waals surface area (Å²) in [7, 11) is 1.58. The molecule has 8 heteroatoms. The topological polar surface area (TPSA) is 97.0 Å². The van der Waals surface area contributed by atoms with E-state index < -0.39 is 17.7 Å². The molecule has 2 aromatic rings. The van der Waals surface area contributed by atoms with Crippen molar-refractivity contribution in [1.82, 2.24) is 10.2 Å². The normalized spacial score (nSPS) is 11.9. The lowest BCUT2D eigenvalue weighted by Crippen LogP contribution is -2.47. The predicted octanol–water partition coefficient (Wildman–Crippen LogP) is 6.32. The smallest absolute Gasteiger partial charge is 0.408 e. The number of rotatable bonds is 13. The maximum absolute atomic E-state index is 13.8. The summed E-state index contributed by atoms with van der Waals surface area (Å²) in [4.78, 5) is 41.3. The van der Waals surface area contributed by atoms with E-state index in [4.69, 9.17) is 9.47 Å². The van der Waals surface area contributed by atoms with E-state index in [1.807, 2.05) is 32.0 Å². The zero-order chi connectivity index (χ0) is 29.0. The fraction of sp³-hybridized carbons (Fsp3) is 0.516. The molecule has 0 radical (unpaired) electrons. The lowest BCUT2D eigenvalue weighted by Gasteiger charge is -2.32. The van der Waals surface area contributed by atoms with Crippen LogP contribution in [0.4, 0.5) is 10.5 Å². The number of carbonyl (C=O) groups is 3. The van der Waals surface area contributed by atoms with Gasteiger partial charge >= 0.3 is 6.09 Å². The molecule has 2 N–H and O–H groups in total. The molecular weight excluding hydrogens is 494 g/mol. The Balaban J connectivity index is 2.38. The van der Waals surface area contributed by atoms with Crippen molar-refractivity contribution in [2.45, 2.75) is 85.3 Å². The highest BCUT2D eigenvalue weighted by atomic mass is 16.6. The number of amides is 3. The molecule has 0 saturated carbocycles. The Bertz CT molecular complexity index is 1090. The second kappa shape index (κ2) is 15.1. The van der Waals surface area contributed by atoms with Crippen molar-refractivity contribution in [3.63, 3.8) is 0 Å². The SMILES string of the molecule is CCCCCCCN(C(=O)CNC(=O)OC(C)(C)C)C(C(=O)Nc1ccc(OC)cc1)c1ccc(C)c(C)c1. The predicted molar refractivity (Wildman–Crippen MR) is 155 cm³/mol. The van der Waals surface area contributed by atoms with Crippen LogP contribution in [0, 0.1) is 13.8 Å². The number of anilines is 1. The van der Waals surface area contributed by atoms with Crippen molar-refractivity contribution in [2.24, 2.45) is 0 Å². The molecule has 39 heavy (non-hydrogen) atoms. The van der Waals surface area contributed by atoms with Gasteiger partial charge in [0.05, 0.1) is 7.11 Å². The lowest BCUT2D eigenvalue weighted by molar-refractivity contribution is -0.138. The molecule has 0 saturated heterocycles. The van der Waals surface area contributed by atoms with Crippen molar-refractivity contribution >= 4 is 23.6 Å². The number of alkyl carbamates (subject to hydrolysis) is 1. The molecule has 0 aliphatic heterocycles. The molecule has 0 spiro atoms. The molecule has 0 aliphatic carbocycles. The second-order valence-corrected chi connectivity index (χ2v) is 10.8. The van der Waals surface area contributed by atoms with Crippen LogP contribution in [-0.2, 0) is 14.3 Å². The van der Waals surface area contributed by atoms with Crippen LogP contribution in [0.15, 0.2) is 42.5 Å². The summed E-state index contributed by atoms with van der Waals surface area (Å²) in [5.74, 6) is -0.0112. The Labute approximate surface area is 233 Å². The molecule has 0 heterocycles.